The van der Waals surface area contributed by atoms with E-state index in [1.807, 2.05) is 218 Å². The number of fused-ring (bicyclic) bond motifs is 7. The number of hydrogen-bond donors (Lipinski definition) is 0. The molecule has 14 nitrogen and oxygen atoms in total. The molecule has 4 aromatic heterocycles. The van der Waals surface area contributed by atoms with Crippen molar-refractivity contribution < 1.29 is 0 Å². The quantitative estimate of drug-likeness (QED) is 0.0797. The molecule has 2 aliphatic rings. The molecule has 0 unspecified atom stereocenters. The van der Waals surface area contributed by atoms with E-state index in [4.69, 9.17) is 51.4 Å². The van der Waals surface area contributed by atoms with Crippen LogP contribution in [-0.2, 0) is 0 Å². The van der Waals surface area contributed by atoms with Crippen molar-refractivity contribution in [1.29, 1.82) is 5.26 Å². The fraction of sp³-hybridized carbons (Fsp3) is 0. The van der Waals surface area contributed by atoms with E-state index in [0.29, 0.717) is 74.8 Å². The van der Waals surface area contributed by atoms with Crippen LogP contribution >= 0.6 is 0 Å². The summed E-state index contributed by atoms with van der Waals surface area (Å²) in [6, 6.07) is 120. The molecule has 110 heavy (non-hydrogen) atoms. The molecule has 0 bridgehead atoms. The van der Waals surface area contributed by atoms with Crippen LogP contribution in [0.3, 0.4) is 0 Å². The lowest BCUT2D eigenvalue weighted by molar-refractivity contribution is 1.06. The third kappa shape index (κ3) is 11.3. The Morgan fingerprint density at radius 2 is 0.664 bits per heavy atom. The molecule has 14 aromatic carbocycles. The van der Waals surface area contributed by atoms with Crippen molar-refractivity contribution in [2.45, 2.75) is 0 Å². The SMILES string of the molecule is [C-]#[N+]c1ccc2c(c1)N(c1ccccc1)c1cc(-c3ccc4c(c3)c3ccc(-c5nc(-c6ccccc6)nc(-c6ccccc6)n5)cc3n4-c3ccc(-c4nc(-c5ccccc5)nc(-c5ccccc5)n4)cc3-c3nc(-c4ccccc4)nc(-c4ccccc4)n3)cc3c1B2c1ccc(C#N)cc1N3c1ccccc1. The Morgan fingerprint density at radius 3 is 1.10 bits per heavy atom. The van der Waals surface area contributed by atoms with Crippen LogP contribution in [0.2, 0.25) is 0 Å². The normalized spacial score (nSPS) is 11.9. The van der Waals surface area contributed by atoms with E-state index < -0.39 is 0 Å². The van der Waals surface area contributed by atoms with Crippen molar-refractivity contribution in [3.8, 4) is 125 Å². The first-order chi connectivity index (χ1) is 54.4. The van der Waals surface area contributed by atoms with Gasteiger partial charge in [0.2, 0.25) is 0 Å². The molecular formula is C95H57BN14. The average Bonchev–Trinajstić information content (AvgIpc) is 0.943. The second kappa shape index (κ2) is 26.9. The molecule has 0 atom stereocenters. The van der Waals surface area contributed by atoms with Gasteiger partial charge in [0.05, 0.1) is 34.9 Å². The second-order valence-corrected chi connectivity index (χ2v) is 27.1. The van der Waals surface area contributed by atoms with Crippen molar-refractivity contribution >= 4 is 84.7 Å². The Hall–Kier alpha value is -15.4. The summed E-state index contributed by atoms with van der Waals surface area (Å²) in [5, 5.41) is 12.6. The van der Waals surface area contributed by atoms with Gasteiger partial charge in [-0.15, -0.1) is 0 Å². The average molecular weight is 1410 g/mol. The van der Waals surface area contributed by atoms with Gasteiger partial charge in [-0.3, -0.25) is 0 Å². The molecular weight excluding hydrogens is 1350 g/mol. The smallest absolute Gasteiger partial charge is 0.251 e. The molecule has 0 aliphatic carbocycles. The number of nitrogens with zero attached hydrogens (tertiary/aromatic N) is 14. The van der Waals surface area contributed by atoms with Gasteiger partial charge in [0.25, 0.3) is 6.71 Å². The summed E-state index contributed by atoms with van der Waals surface area (Å²) >= 11 is 0. The fourth-order valence-electron chi connectivity index (χ4n) is 15.4. The summed E-state index contributed by atoms with van der Waals surface area (Å²) in [4.78, 5) is 56.3. The third-order valence-electron chi connectivity index (χ3n) is 20.5. The summed E-state index contributed by atoms with van der Waals surface area (Å²) in [5.74, 6) is 4.46. The van der Waals surface area contributed by atoms with Gasteiger partial charge in [-0.1, -0.05) is 255 Å². The molecule has 6 heterocycles. The summed E-state index contributed by atoms with van der Waals surface area (Å²) in [7, 11) is 0. The lowest BCUT2D eigenvalue weighted by Gasteiger charge is -2.44. The zero-order chi connectivity index (χ0) is 73.2. The van der Waals surface area contributed by atoms with Crippen molar-refractivity contribution in [3.05, 3.63) is 363 Å². The van der Waals surface area contributed by atoms with Crippen LogP contribution < -0.4 is 26.2 Å². The van der Waals surface area contributed by atoms with Gasteiger partial charge >= 0.3 is 0 Å². The number of para-hydroxylation sites is 2. The molecule has 0 N–H and O–H groups in total. The number of hydrogen-bond acceptors (Lipinski definition) is 12. The Bertz CT molecular complexity index is 6440. The van der Waals surface area contributed by atoms with Gasteiger partial charge in [-0.05, 0) is 119 Å². The van der Waals surface area contributed by atoms with Crippen molar-refractivity contribution in [1.82, 2.24) is 49.4 Å². The maximum absolute atomic E-state index is 10.7. The van der Waals surface area contributed by atoms with Gasteiger partial charge in [0, 0.05) is 95.0 Å². The van der Waals surface area contributed by atoms with Crippen molar-refractivity contribution in [2.24, 2.45) is 0 Å². The minimum Gasteiger partial charge on any atom is -0.313 e. The van der Waals surface area contributed by atoms with Crippen LogP contribution in [0.25, 0.3) is 146 Å². The summed E-state index contributed by atoms with van der Waals surface area (Å²) in [6.07, 6.45) is 0. The summed E-state index contributed by atoms with van der Waals surface area (Å²) in [5.41, 5.74) is 21.4. The Kier molecular flexibility index (Phi) is 15.7. The molecule has 0 radical (unpaired) electrons. The van der Waals surface area contributed by atoms with Crippen molar-refractivity contribution in [3.63, 3.8) is 0 Å². The highest BCUT2D eigenvalue weighted by Crippen LogP contribution is 2.49. The van der Waals surface area contributed by atoms with Crippen molar-refractivity contribution in [2.75, 3.05) is 9.80 Å². The summed E-state index contributed by atoms with van der Waals surface area (Å²) in [6.45, 7) is 8.09. The van der Waals surface area contributed by atoms with E-state index in [1.165, 1.54) is 0 Å². The molecule has 2 aliphatic heterocycles. The predicted octanol–water partition coefficient (Wildman–Crippen LogP) is 20.5. The van der Waals surface area contributed by atoms with Crippen LogP contribution in [-0.4, -0.2) is 56.1 Å². The number of benzene rings is 14. The highest BCUT2D eigenvalue weighted by Gasteiger charge is 2.44. The standard InChI is InChI=1S/C95H57BN14/c1-98-71-46-49-78-83(58-71)109(73-40-24-9-25-41-73)85-57-70(56-84-86(85)96(78)77-48-42-60(59-97)52-82(77)108(84)72-38-22-8-23-39-72)67-44-50-79-75(53-67)74-47-43-69(94-104-89(63-30-14-4-15-31-63)100-90(105-94)64-32-16-5-17-33-64)55-81(74)110(79)80-51-45-68(93-102-87(61-26-10-2-11-27-61)99-88(103-93)62-28-12-3-13-29-62)54-76(80)95-106-91(65-34-18-6-19-35-65)101-92(107-95)66-36-20-7-21-37-66/h2-58H. The Labute approximate surface area is 633 Å². The van der Waals surface area contributed by atoms with Crippen LogP contribution in [0.5, 0.6) is 0 Å². The molecule has 18 aromatic rings. The van der Waals surface area contributed by atoms with Crippen LogP contribution in [0.4, 0.5) is 39.8 Å². The van der Waals surface area contributed by atoms with E-state index in [9.17, 15) is 5.26 Å². The maximum atomic E-state index is 10.7. The monoisotopic (exact) mass is 1400 g/mol. The van der Waals surface area contributed by atoms with E-state index >= 15 is 0 Å². The number of rotatable bonds is 13. The van der Waals surface area contributed by atoms with E-state index in [2.05, 4.69) is 153 Å². The van der Waals surface area contributed by atoms with E-state index in [0.717, 1.165) is 128 Å². The highest BCUT2D eigenvalue weighted by molar-refractivity contribution is 7.00. The first-order valence-corrected chi connectivity index (χ1v) is 36.2. The molecule has 20 rings (SSSR count). The molecule has 0 fully saturated rings. The number of aromatic nitrogens is 10. The molecule has 0 saturated heterocycles. The molecule has 510 valence electrons. The molecule has 0 spiro atoms. The third-order valence-corrected chi connectivity index (χ3v) is 20.5. The van der Waals surface area contributed by atoms with Crippen LogP contribution in [0, 0.1) is 17.9 Å². The molecule has 0 saturated carbocycles. The Morgan fingerprint density at radius 1 is 0.282 bits per heavy atom. The minimum atomic E-state index is -0.266. The zero-order valence-electron chi connectivity index (χ0n) is 58.7. The second-order valence-electron chi connectivity index (χ2n) is 27.1. The van der Waals surface area contributed by atoms with Gasteiger partial charge in [-0.2, -0.15) is 5.26 Å². The first kappa shape index (κ1) is 64.2. The maximum Gasteiger partial charge on any atom is 0.251 e. The first-order valence-electron chi connectivity index (χ1n) is 36.2. The minimum absolute atomic E-state index is 0.266. The molecule has 0 amide bonds. The Balaban J connectivity index is 0.873. The molecule has 15 heteroatoms. The van der Waals surface area contributed by atoms with Crippen LogP contribution in [0.15, 0.2) is 346 Å². The lowest BCUT2D eigenvalue weighted by Crippen LogP contribution is -2.61. The largest absolute Gasteiger partial charge is 0.313 e. The van der Waals surface area contributed by atoms with Crippen LogP contribution in [0.1, 0.15) is 5.56 Å². The number of anilines is 6. The zero-order valence-corrected chi connectivity index (χ0v) is 58.7. The topological polar surface area (TPSA) is 156 Å². The van der Waals surface area contributed by atoms with E-state index in [1.54, 1.807) is 0 Å². The van der Waals surface area contributed by atoms with Gasteiger partial charge in [0.15, 0.2) is 58.1 Å². The lowest BCUT2D eigenvalue weighted by atomic mass is 9.33. The highest BCUT2D eigenvalue weighted by atomic mass is 15.2. The van der Waals surface area contributed by atoms with Gasteiger partial charge in [0.1, 0.15) is 0 Å². The number of nitriles is 1. The fourth-order valence-corrected chi connectivity index (χ4v) is 15.4. The predicted molar refractivity (Wildman–Crippen MR) is 440 cm³/mol. The van der Waals surface area contributed by atoms with Gasteiger partial charge < -0.3 is 14.4 Å². The summed E-state index contributed by atoms with van der Waals surface area (Å²) < 4.78 is 2.31. The van der Waals surface area contributed by atoms with Gasteiger partial charge in [-0.25, -0.2) is 49.7 Å². The van der Waals surface area contributed by atoms with E-state index in [-0.39, 0.29) is 6.71 Å².